The summed E-state index contributed by atoms with van der Waals surface area (Å²) in [6, 6.07) is 10.2. The van der Waals surface area contributed by atoms with Gasteiger partial charge in [0, 0.05) is 16.6 Å². The third-order valence-corrected chi connectivity index (χ3v) is 6.44. The number of rotatable bonds is 5. The zero-order chi connectivity index (χ0) is 22.0. The van der Waals surface area contributed by atoms with Gasteiger partial charge >= 0.3 is 6.03 Å². The largest absolute Gasteiger partial charge is 0.486 e. The molecule has 8 heteroatoms. The van der Waals surface area contributed by atoms with Crippen LogP contribution in [0.15, 0.2) is 42.1 Å². The Morgan fingerprint density at radius 1 is 1.00 bits per heavy atom. The Labute approximate surface area is 195 Å². The number of amides is 3. The molecule has 2 fully saturated rings. The summed E-state index contributed by atoms with van der Waals surface area (Å²) in [5.74, 6) is 0.0132. The zero-order valence-electron chi connectivity index (χ0n) is 16.7. The van der Waals surface area contributed by atoms with Crippen LogP contribution in [0.5, 0.6) is 5.75 Å². The van der Waals surface area contributed by atoms with E-state index in [9.17, 15) is 9.59 Å². The van der Waals surface area contributed by atoms with Crippen LogP contribution in [-0.4, -0.2) is 22.9 Å². The van der Waals surface area contributed by atoms with Gasteiger partial charge in [-0.25, -0.2) is 4.79 Å². The summed E-state index contributed by atoms with van der Waals surface area (Å²) in [7, 11) is 0. The molecule has 0 radical (unpaired) electrons. The van der Waals surface area contributed by atoms with Crippen molar-refractivity contribution < 1.29 is 14.3 Å². The molecule has 0 atom stereocenters. The van der Waals surface area contributed by atoms with Crippen molar-refractivity contribution in [3.63, 3.8) is 0 Å². The summed E-state index contributed by atoms with van der Waals surface area (Å²) < 4.78 is 5.78. The topological polar surface area (TPSA) is 58.6 Å². The lowest BCUT2D eigenvalue weighted by molar-refractivity contribution is -0.124. The van der Waals surface area contributed by atoms with E-state index in [0.29, 0.717) is 26.4 Å². The van der Waals surface area contributed by atoms with Gasteiger partial charge in [0.15, 0.2) is 5.75 Å². The summed E-state index contributed by atoms with van der Waals surface area (Å²) in [5.41, 5.74) is 1.62. The van der Waals surface area contributed by atoms with Gasteiger partial charge in [-0.15, -0.1) is 0 Å². The van der Waals surface area contributed by atoms with E-state index in [1.54, 1.807) is 24.3 Å². The molecular weight excluding hydrogens is 459 g/mol. The van der Waals surface area contributed by atoms with Gasteiger partial charge < -0.3 is 10.1 Å². The van der Waals surface area contributed by atoms with Crippen LogP contribution in [0.2, 0.25) is 15.1 Å². The molecule has 2 aromatic rings. The van der Waals surface area contributed by atoms with E-state index >= 15 is 0 Å². The summed E-state index contributed by atoms with van der Waals surface area (Å²) >= 11 is 18.9. The number of hydrogen-bond acceptors (Lipinski definition) is 3. The average molecular weight is 480 g/mol. The minimum atomic E-state index is -0.375. The van der Waals surface area contributed by atoms with E-state index in [4.69, 9.17) is 39.5 Å². The Morgan fingerprint density at radius 3 is 2.35 bits per heavy atom. The fourth-order valence-corrected chi connectivity index (χ4v) is 4.76. The molecule has 0 bridgehead atoms. The van der Waals surface area contributed by atoms with E-state index in [-0.39, 0.29) is 30.3 Å². The van der Waals surface area contributed by atoms with Crippen molar-refractivity contribution in [2.75, 3.05) is 0 Å². The molecule has 31 heavy (non-hydrogen) atoms. The number of nitrogens with zero attached hydrogens (tertiary/aromatic N) is 1. The van der Waals surface area contributed by atoms with Crippen LogP contribution in [0.1, 0.15) is 43.2 Å². The smallest absolute Gasteiger partial charge is 0.329 e. The molecule has 2 aromatic carbocycles. The monoisotopic (exact) mass is 478 g/mol. The minimum Gasteiger partial charge on any atom is -0.486 e. The highest BCUT2D eigenvalue weighted by atomic mass is 35.5. The molecule has 1 aliphatic heterocycles. The highest BCUT2D eigenvalue weighted by Crippen LogP contribution is 2.36. The number of urea groups is 1. The molecule has 162 valence electrons. The van der Waals surface area contributed by atoms with Gasteiger partial charge in [-0.3, -0.25) is 9.69 Å². The van der Waals surface area contributed by atoms with Gasteiger partial charge in [-0.2, -0.15) is 0 Å². The summed E-state index contributed by atoms with van der Waals surface area (Å²) in [6.07, 6.45) is 6.48. The molecule has 1 heterocycles. The third-order valence-electron chi connectivity index (χ3n) is 5.51. The second kappa shape index (κ2) is 9.51. The first-order valence-electron chi connectivity index (χ1n) is 10.2. The molecule has 0 aromatic heterocycles. The lowest BCUT2D eigenvalue weighted by atomic mass is 9.94. The van der Waals surface area contributed by atoms with Crippen molar-refractivity contribution >= 4 is 52.8 Å². The first kappa shape index (κ1) is 22.0. The molecule has 5 nitrogen and oxygen atoms in total. The molecular formula is C23H21Cl3N2O3. The van der Waals surface area contributed by atoms with Crippen LogP contribution < -0.4 is 10.1 Å². The highest BCUT2D eigenvalue weighted by molar-refractivity contribution is 6.37. The van der Waals surface area contributed by atoms with Crippen molar-refractivity contribution in [2.45, 2.75) is 44.8 Å². The van der Waals surface area contributed by atoms with E-state index in [1.807, 2.05) is 18.2 Å². The number of benzene rings is 2. The van der Waals surface area contributed by atoms with E-state index in [1.165, 1.54) is 4.90 Å². The van der Waals surface area contributed by atoms with Gasteiger partial charge in [0.25, 0.3) is 5.91 Å². The Kier molecular flexibility index (Phi) is 6.75. The standard InChI is InChI=1S/C23H21Cl3N2O3/c24-17-9-5-4-6-15(17)13-31-21-18(25)10-14(11-19(21)26)12-20-22(29)28(23(30)27-20)16-7-2-1-3-8-16/h4-6,9-12,16H,1-3,7-8,13H2,(H,27,30)/b20-12-. The Morgan fingerprint density at radius 2 is 1.68 bits per heavy atom. The van der Waals surface area contributed by atoms with Crippen LogP contribution in [0.3, 0.4) is 0 Å². The Balaban J connectivity index is 1.51. The third kappa shape index (κ3) is 4.84. The Hall–Kier alpha value is -2.21. The van der Waals surface area contributed by atoms with Crippen LogP contribution >= 0.6 is 34.8 Å². The zero-order valence-corrected chi connectivity index (χ0v) is 18.9. The van der Waals surface area contributed by atoms with Crippen LogP contribution in [0, 0.1) is 0 Å². The van der Waals surface area contributed by atoms with Crippen molar-refractivity contribution in [2.24, 2.45) is 0 Å². The van der Waals surface area contributed by atoms with E-state index in [0.717, 1.165) is 37.7 Å². The molecule has 1 saturated heterocycles. The normalized spacial score (nSPS) is 18.5. The maximum absolute atomic E-state index is 12.8. The SMILES string of the molecule is O=C1N/C(=C\c2cc(Cl)c(OCc3ccccc3Cl)c(Cl)c2)C(=O)N1C1CCCCC1. The second-order valence-electron chi connectivity index (χ2n) is 7.65. The number of nitrogens with one attached hydrogen (secondary N) is 1. The quantitative estimate of drug-likeness (QED) is 0.396. The number of carbonyl (C=O) groups excluding carboxylic acids is 2. The molecule has 1 aliphatic carbocycles. The van der Waals surface area contributed by atoms with Gasteiger partial charge in [0.05, 0.1) is 10.0 Å². The maximum Gasteiger partial charge on any atom is 0.329 e. The molecule has 2 aliphatic rings. The van der Waals surface area contributed by atoms with Crippen LogP contribution in [0.25, 0.3) is 6.08 Å². The highest BCUT2D eigenvalue weighted by Gasteiger charge is 2.38. The predicted octanol–water partition coefficient (Wildman–Crippen LogP) is 6.45. The summed E-state index contributed by atoms with van der Waals surface area (Å²) in [6.45, 7) is 0.213. The lowest BCUT2D eigenvalue weighted by Crippen LogP contribution is -2.41. The molecule has 0 spiro atoms. The van der Waals surface area contributed by atoms with Gasteiger partial charge in [-0.1, -0.05) is 72.3 Å². The molecule has 3 amide bonds. The van der Waals surface area contributed by atoms with Crippen molar-refractivity contribution in [3.8, 4) is 5.75 Å². The number of carbonyl (C=O) groups is 2. The molecule has 4 rings (SSSR count). The number of hydrogen-bond donors (Lipinski definition) is 1. The summed E-state index contributed by atoms with van der Waals surface area (Å²) in [4.78, 5) is 26.6. The maximum atomic E-state index is 12.8. The van der Waals surface area contributed by atoms with Crippen LogP contribution in [0.4, 0.5) is 4.79 Å². The first-order chi connectivity index (χ1) is 14.9. The number of halogens is 3. The molecule has 1 saturated carbocycles. The first-order valence-corrected chi connectivity index (χ1v) is 11.3. The predicted molar refractivity (Wildman–Crippen MR) is 122 cm³/mol. The minimum absolute atomic E-state index is 0.0417. The Bertz CT molecular complexity index is 1030. The van der Waals surface area contributed by atoms with Crippen molar-refractivity contribution in [3.05, 3.63) is 68.3 Å². The molecule has 0 unspecified atom stereocenters. The second-order valence-corrected chi connectivity index (χ2v) is 8.87. The summed E-state index contributed by atoms with van der Waals surface area (Å²) in [5, 5.41) is 3.86. The molecule has 1 N–H and O–H groups in total. The fraction of sp³-hybridized carbons (Fsp3) is 0.304. The van der Waals surface area contributed by atoms with Gasteiger partial charge in [-0.05, 0) is 42.7 Å². The van der Waals surface area contributed by atoms with E-state index in [2.05, 4.69) is 5.32 Å². The number of ether oxygens (including phenoxy) is 1. The number of imide groups is 1. The lowest BCUT2D eigenvalue weighted by Gasteiger charge is -2.28. The van der Waals surface area contributed by atoms with Crippen molar-refractivity contribution in [1.29, 1.82) is 0 Å². The van der Waals surface area contributed by atoms with E-state index < -0.39 is 0 Å². The van der Waals surface area contributed by atoms with Gasteiger partial charge in [0.2, 0.25) is 0 Å². The van der Waals surface area contributed by atoms with Crippen LogP contribution in [-0.2, 0) is 11.4 Å². The average Bonchev–Trinajstić information content (AvgIpc) is 3.02. The van der Waals surface area contributed by atoms with Crippen molar-refractivity contribution in [1.82, 2.24) is 10.2 Å². The van der Waals surface area contributed by atoms with Gasteiger partial charge in [0.1, 0.15) is 12.3 Å². The fourth-order valence-electron chi connectivity index (χ4n) is 3.95.